The van der Waals surface area contributed by atoms with E-state index >= 15 is 0 Å². The summed E-state index contributed by atoms with van der Waals surface area (Å²) in [6, 6.07) is 0. The maximum absolute atomic E-state index is 11.7. The number of nitrogens with zero attached hydrogens (tertiary/aromatic N) is 2. The van der Waals surface area contributed by atoms with Crippen LogP contribution >= 0.6 is 0 Å². The summed E-state index contributed by atoms with van der Waals surface area (Å²) >= 11 is 0. The molecule has 2 N–H and O–H groups in total. The molecule has 1 aromatic rings. The standard InChI is InChI=1S/C9H11N3O6/c1-3-6(14)18-5(2)12-8(16)10-7(15)11(4-13)9(12)17/h3,5,13H,1,4H2,2H3,(H,10,15,16). The number of carbonyl (C=O) groups is 1. The number of rotatable bonds is 4. The van der Waals surface area contributed by atoms with E-state index in [1.165, 1.54) is 6.92 Å². The van der Waals surface area contributed by atoms with Crippen LogP contribution in [-0.4, -0.2) is 25.2 Å². The van der Waals surface area contributed by atoms with Gasteiger partial charge in [0.2, 0.25) is 0 Å². The number of nitrogens with one attached hydrogen (secondary N) is 1. The number of carbonyl (C=O) groups excluding carboxylic acids is 1. The maximum atomic E-state index is 11.7. The Hall–Kier alpha value is -2.42. The van der Waals surface area contributed by atoms with Crippen molar-refractivity contribution in [2.45, 2.75) is 19.9 Å². The van der Waals surface area contributed by atoms with Crippen LogP contribution in [0.25, 0.3) is 0 Å². The van der Waals surface area contributed by atoms with E-state index in [9.17, 15) is 19.2 Å². The van der Waals surface area contributed by atoms with Crippen LogP contribution < -0.4 is 17.1 Å². The molecule has 9 heteroatoms. The summed E-state index contributed by atoms with van der Waals surface area (Å²) in [6.45, 7) is 3.50. The lowest BCUT2D eigenvalue weighted by atomic mass is 10.6. The van der Waals surface area contributed by atoms with Crippen LogP contribution in [0.15, 0.2) is 27.0 Å². The molecule has 0 saturated carbocycles. The van der Waals surface area contributed by atoms with Gasteiger partial charge < -0.3 is 9.84 Å². The Morgan fingerprint density at radius 3 is 2.61 bits per heavy atom. The summed E-state index contributed by atoms with van der Waals surface area (Å²) in [5.74, 6) is -0.837. The molecule has 98 valence electrons. The molecule has 0 saturated heterocycles. The summed E-state index contributed by atoms with van der Waals surface area (Å²) in [7, 11) is 0. The molecule has 1 rings (SSSR count). The topological polar surface area (TPSA) is 123 Å². The fourth-order valence-electron chi connectivity index (χ4n) is 1.24. The van der Waals surface area contributed by atoms with Crippen LogP contribution in [0.2, 0.25) is 0 Å². The summed E-state index contributed by atoms with van der Waals surface area (Å²) in [5, 5.41) is 8.83. The molecule has 0 radical (unpaired) electrons. The zero-order valence-electron chi connectivity index (χ0n) is 9.45. The monoisotopic (exact) mass is 257 g/mol. The van der Waals surface area contributed by atoms with Crippen molar-refractivity contribution in [3.63, 3.8) is 0 Å². The molecule has 0 spiro atoms. The molecular formula is C9H11N3O6. The largest absolute Gasteiger partial charge is 0.438 e. The summed E-state index contributed by atoms with van der Waals surface area (Å²) in [4.78, 5) is 47.0. The number of ether oxygens (including phenoxy) is 1. The van der Waals surface area contributed by atoms with E-state index in [-0.39, 0.29) is 0 Å². The zero-order chi connectivity index (χ0) is 13.9. The second-order valence-corrected chi connectivity index (χ2v) is 3.20. The lowest BCUT2D eigenvalue weighted by molar-refractivity contribution is -0.146. The number of H-pyrrole nitrogens is 1. The van der Waals surface area contributed by atoms with Crippen molar-refractivity contribution in [2.75, 3.05) is 0 Å². The van der Waals surface area contributed by atoms with E-state index < -0.39 is 36.0 Å². The SMILES string of the molecule is C=CC(=O)OC(C)n1c(=O)[nH]c(=O)n(CO)c1=O. The number of esters is 1. The highest BCUT2D eigenvalue weighted by atomic mass is 16.6. The van der Waals surface area contributed by atoms with Gasteiger partial charge in [-0.05, 0) is 6.92 Å². The van der Waals surface area contributed by atoms with Crippen LogP contribution in [0.5, 0.6) is 0 Å². The third kappa shape index (κ3) is 2.46. The molecule has 0 fully saturated rings. The first-order valence-corrected chi connectivity index (χ1v) is 4.82. The van der Waals surface area contributed by atoms with Crippen molar-refractivity contribution in [2.24, 2.45) is 0 Å². The molecule has 1 unspecified atom stereocenters. The molecule has 0 aliphatic carbocycles. The molecule has 1 atom stereocenters. The Kier molecular flexibility index (Phi) is 4.00. The van der Waals surface area contributed by atoms with E-state index in [2.05, 4.69) is 11.3 Å². The second kappa shape index (κ2) is 5.27. The van der Waals surface area contributed by atoms with E-state index in [0.29, 0.717) is 9.13 Å². The van der Waals surface area contributed by atoms with Crippen molar-refractivity contribution in [1.82, 2.24) is 14.1 Å². The highest BCUT2D eigenvalue weighted by Crippen LogP contribution is 2.00. The molecular weight excluding hydrogens is 246 g/mol. The quantitative estimate of drug-likeness (QED) is 0.470. The van der Waals surface area contributed by atoms with Crippen molar-refractivity contribution in [1.29, 1.82) is 0 Å². The molecule has 18 heavy (non-hydrogen) atoms. The van der Waals surface area contributed by atoms with Crippen LogP contribution in [-0.2, 0) is 16.3 Å². The zero-order valence-corrected chi connectivity index (χ0v) is 9.45. The maximum Gasteiger partial charge on any atom is 0.341 e. The van der Waals surface area contributed by atoms with Crippen LogP contribution in [0, 0.1) is 0 Å². The Balaban J connectivity index is 3.37. The predicted molar refractivity (Wildman–Crippen MR) is 58.8 cm³/mol. The number of hydrogen-bond acceptors (Lipinski definition) is 6. The molecule has 0 amide bonds. The second-order valence-electron chi connectivity index (χ2n) is 3.20. The number of aromatic amines is 1. The van der Waals surface area contributed by atoms with E-state index in [1.54, 1.807) is 0 Å². The van der Waals surface area contributed by atoms with E-state index in [1.807, 2.05) is 4.98 Å². The molecule has 0 aliphatic rings. The van der Waals surface area contributed by atoms with E-state index in [0.717, 1.165) is 6.08 Å². The Morgan fingerprint density at radius 2 is 2.11 bits per heavy atom. The van der Waals surface area contributed by atoms with Gasteiger partial charge in [0.05, 0.1) is 0 Å². The van der Waals surface area contributed by atoms with Gasteiger partial charge in [0.15, 0.2) is 6.23 Å². The third-order valence-electron chi connectivity index (χ3n) is 2.07. The molecule has 0 bridgehead atoms. The van der Waals surface area contributed by atoms with Gasteiger partial charge in [-0.3, -0.25) is 4.98 Å². The predicted octanol–water partition coefficient (Wildman–Crippen LogP) is -2.10. The first-order chi connectivity index (χ1) is 8.42. The Labute approximate surface area is 99.6 Å². The van der Waals surface area contributed by atoms with E-state index in [4.69, 9.17) is 5.11 Å². The van der Waals surface area contributed by atoms with Gasteiger partial charge >= 0.3 is 23.0 Å². The highest BCUT2D eigenvalue weighted by molar-refractivity contribution is 5.81. The van der Waals surface area contributed by atoms with Crippen molar-refractivity contribution in [3.05, 3.63) is 44.1 Å². The fourth-order valence-corrected chi connectivity index (χ4v) is 1.24. The summed E-state index contributed by atoms with van der Waals surface area (Å²) < 4.78 is 5.54. The van der Waals surface area contributed by atoms with Crippen molar-refractivity contribution in [3.8, 4) is 0 Å². The number of hydrogen-bond donors (Lipinski definition) is 2. The van der Waals surface area contributed by atoms with Gasteiger partial charge in [-0.2, -0.15) is 0 Å². The van der Waals surface area contributed by atoms with Crippen LogP contribution in [0.1, 0.15) is 13.2 Å². The average Bonchev–Trinajstić information content (AvgIpc) is 2.28. The minimum atomic E-state index is -1.25. The van der Waals surface area contributed by atoms with Crippen molar-refractivity contribution < 1.29 is 14.6 Å². The highest BCUT2D eigenvalue weighted by Gasteiger charge is 2.17. The number of aliphatic hydroxyl groups excluding tert-OH is 1. The summed E-state index contributed by atoms with van der Waals surface area (Å²) in [6.07, 6.45) is -0.386. The molecule has 0 aromatic carbocycles. The average molecular weight is 257 g/mol. The number of aromatic nitrogens is 3. The van der Waals surface area contributed by atoms with Crippen LogP contribution in [0.3, 0.4) is 0 Å². The van der Waals surface area contributed by atoms with Gasteiger partial charge in [-0.25, -0.2) is 28.3 Å². The van der Waals surface area contributed by atoms with Gasteiger partial charge in [-0.15, -0.1) is 0 Å². The Bertz CT molecular complexity index is 637. The first kappa shape index (κ1) is 13.6. The molecule has 1 heterocycles. The minimum Gasteiger partial charge on any atom is -0.438 e. The van der Waals surface area contributed by atoms with Gasteiger partial charge in [0.25, 0.3) is 0 Å². The normalized spacial score (nSPS) is 11.9. The minimum absolute atomic E-state index is 0.375. The summed E-state index contributed by atoms with van der Waals surface area (Å²) in [5.41, 5.74) is -3.18. The Morgan fingerprint density at radius 1 is 1.50 bits per heavy atom. The first-order valence-electron chi connectivity index (χ1n) is 4.82. The van der Waals surface area contributed by atoms with Gasteiger partial charge in [0, 0.05) is 6.08 Å². The van der Waals surface area contributed by atoms with Crippen LogP contribution in [0.4, 0.5) is 0 Å². The molecule has 1 aromatic heterocycles. The molecule has 9 nitrogen and oxygen atoms in total. The smallest absolute Gasteiger partial charge is 0.341 e. The lowest BCUT2D eigenvalue weighted by Crippen LogP contribution is -2.50. The third-order valence-corrected chi connectivity index (χ3v) is 2.07. The number of aliphatic hydroxyl groups is 1. The van der Waals surface area contributed by atoms with Gasteiger partial charge in [0.1, 0.15) is 6.73 Å². The molecule has 0 aliphatic heterocycles. The fraction of sp³-hybridized carbons (Fsp3) is 0.333. The lowest BCUT2D eigenvalue weighted by Gasteiger charge is -2.14. The van der Waals surface area contributed by atoms with Crippen molar-refractivity contribution >= 4 is 5.97 Å². The van der Waals surface area contributed by atoms with Gasteiger partial charge in [-0.1, -0.05) is 6.58 Å².